The number of nitrogens with zero attached hydrogens (tertiary/aromatic N) is 2. The maximum atomic E-state index is 5.70. The van der Waals surface area contributed by atoms with Crippen molar-refractivity contribution in [2.45, 2.75) is 19.0 Å². The van der Waals surface area contributed by atoms with Crippen molar-refractivity contribution in [3.8, 4) is 0 Å². The van der Waals surface area contributed by atoms with Gasteiger partial charge in [0.15, 0.2) is 0 Å². The average Bonchev–Trinajstić information content (AvgIpc) is 3.08. The molecule has 4 N–H and O–H groups in total. The molecule has 3 rings (SSSR count). The van der Waals surface area contributed by atoms with E-state index in [1.807, 2.05) is 6.20 Å². The van der Waals surface area contributed by atoms with Crippen molar-refractivity contribution in [2.75, 3.05) is 26.2 Å². The molecule has 1 unspecified atom stereocenters. The Kier molecular flexibility index (Phi) is 4.47. The molecule has 1 aliphatic heterocycles. The summed E-state index contributed by atoms with van der Waals surface area (Å²) < 4.78 is 0. The molecular weight excluding hydrogens is 270 g/mol. The van der Waals surface area contributed by atoms with Crippen LogP contribution in [0.1, 0.15) is 28.9 Å². The molecule has 1 fully saturated rings. The van der Waals surface area contributed by atoms with Gasteiger partial charge in [0.05, 0.1) is 5.69 Å². The van der Waals surface area contributed by atoms with Crippen molar-refractivity contribution in [3.63, 3.8) is 0 Å². The highest BCUT2D eigenvalue weighted by Crippen LogP contribution is 2.30. The SMILES string of the molecule is NCc1csc(C(c2ccc[nH]2)N2CCCNCC2)n1. The summed E-state index contributed by atoms with van der Waals surface area (Å²) >= 11 is 1.71. The Morgan fingerprint density at radius 3 is 3.10 bits per heavy atom. The Labute approximate surface area is 123 Å². The Morgan fingerprint density at radius 1 is 1.40 bits per heavy atom. The maximum absolute atomic E-state index is 5.70. The summed E-state index contributed by atoms with van der Waals surface area (Å²) in [7, 11) is 0. The highest BCUT2D eigenvalue weighted by Gasteiger charge is 2.26. The van der Waals surface area contributed by atoms with E-state index in [-0.39, 0.29) is 6.04 Å². The Hall–Kier alpha value is -1.21. The molecular formula is C14H21N5S. The first-order valence-electron chi connectivity index (χ1n) is 7.11. The van der Waals surface area contributed by atoms with Crippen LogP contribution in [-0.2, 0) is 6.54 Å². The first-order valence-corrected chi connectivity index (χ1v) is 7.99. The molecule has 3 heterocycles. The molecule has 20 heavy (non-hydrogen) atoms. The molecule has 1 atom stereocenters. The molecule has 0 aromatic carbocycles. The Morgan fingerprint density at radius 2 is 2.35 bits per heavy atom. The molecule has 1 aliphatic rings. The van der Waals surface area contributed by atoms with E-state index >= 15 is 0 Å². The van der Waals surface area contributed by atoms with Crippen LogP contribution in [0.2, 0.25) is 0 Å². The average molecular weight is 291 g/mol. The van der Waals surface area contributed by atoms with Gasteiger partial charge < -0.3 is 16.0 Å². The van der Waals surface area contributed by atoms with Crippen molar-refractivity contribution in [1.82, 2.24) is 20.2 Å². The van der Waals surface area contributed by atoms with Crippen molar-refractivity contribution >= 4 is 11.3 Å². The number of aromatic nitrogens is 2. The first-order chi connectivity index (χ1) is 9.88. The van der Waals surface area contributed by atoms with Crippen molar-refractivity contribution in [1.29, 1.82) is 0 Å². The second-order valence-corrected chi connectivity index (χ2v) is 5.94. The number of hydrogen-bond donors (Lipinski definition) is 3. The monoisotopic (exact) mass is 291 g/mol. The quantitative estimate of drug-likeness (QED) is 0.794. The van der Waals surface area contributed by atoms with Crippen molar-refractivity contribution in [2.24, 2.45) is 5.73 Å². The van der Waals surface area contributed by atoms with Gasteiger partial charge in [-0.3, -0.25) is 4.90 Å². The smallest absolute Gasteiger partial charge is 0.116 e. The standard InChI is InChI=1S/C14H21N5S/c15-9-11-10-20-14(18-11)13(12-3-1-5-17-12)19-7-2-4-16-6-8-19/h1,3,5,10,13,16-17H,2,4,6-9,15H2. The molecule has 0 radical (unpaired) electrons. The third-order valence-electron chi connectivity index (χ3n) is 3.67. The fourth-order valence-corrected chi connectivity index (χ4v) is 3.65. The topological polar surface area (TPSA) is 70.0 Å². The lowest BCUT2D eigenvalue weighted by Gasteiger charge is -2.28. The molecule has 0 spiro atoms. The van der Waals surface area contributed by atoms with E-state index < -0.39 is 0 Å². The number of nitrogens with two attached hydrogens (primary N) is 1. The first kappa shape index (κ1) is 13.8. The molecule has 0 bridgehead atoms. The van der Waals surface area contributed by atoms with E-state index in [0.717, 1.165) is 36.9 Å². The van der Waals surface area contributed by atoms with E-state index in [2.05, 4.69) is 32.7 Å². The van der Waals surface area contributed by atoms with Crippen LogP contribution in [0.5, 0.6) is 0 Å². The van der Waals surface area contributed by atoms with Gasteiger partial charge in [0.2, 0.25) is 0 Å². The number of H-pyrrole nitrogens is 1. The van der Waals surface area contributed by atoms with Gasteiger partial charge in [-0.1, -0.05) is 0 Å². The number of thiazole rings is 1. The molecule has 0 aliphatic carbocycles. The largest absolute Gasteiger partial charge is 0.363 e. The maximum Gasteiger partial charge on any atom is 0.116 e. The minimum absolute atomic E-state index is 0.218. The second-order valence-electron chi connectivity index (χ2n) is 5.05. The summed E-state index contributed by atoms with van der Waals surface area (Å²) in [6, 6.07) is 4.41. The van der Waals surface area contributed by atoms with Crippen LogP contribution in [0.15, 0.2) is 23.7 Å². The van der Waals surface area contributed by atoms with Crippen LogP contribution >= 0.6 is 11.3 Å². The van der Waals surface area contributed by atoms with Gasteiger partial charge in [-0.25, -0.2) is 4.98 Å². The minimum atomic E-state index is 0.218. The molecule has 5 nitrogen and oxygen atoms in total. The van der Waals surface area contributed by atoms with E-state index in [1.165, 1.54) is 12.1 Å². The van der Waals surface area contributed by atoms with E-state index in [0.29, 0.717) is 6.54 Å². The van der Waals surface area contributed by atoms with Crippen LogP contribution in [0.25, 0.3) is 0 Å². The summed E-state index contributed by atoms with van der Waals surface area (Å²) in [5, 5.41) is 6.66. The molecule has 108 valence electrons. The van der Waals surface area contributed by atoms with E-state index in [1.54, 1.807) is 11.3 Å². The molecule has 6 heteroatoms. The fourth-order valence-electron chi connectivity index (χ4n) is 2.67. The van der Waals surface area contributed by atoms with Crippen LogP contribution in [-0.4, -0.2) is 41.0 Å². The number of rotatable bonds is 4. The van der Waals surface area contributed by atoms with Gasteiger partial charge in [0, 0.05) is 43.4 Å². The van der Waals surface area contributed by atoms with Gasteiger partial charge in [-0.05, 0) is 25.1 Å². The molecule has 0 amide bonds. The van der Waals surface area contributed by atoms with Crippen LogP contribution in [0.4, 0.5) is 0 Å². The van der Waals surface area contributed by atoms with Crippen LogP contribution < -0.4 is 11.1 Å². The third-order valence-corrected chi connectivity index (χ3v) is 4.61. The predicted molar refractivity (Wildman–Crippen MR) is 81.7 cm³/mol. The minimum Gasteiger partial charge on any atom is -0.363 e. The third kappa shape index (κ3) is 2.93. The van der Waals surface area contributed by atoms with Crippen LogP contribution in [0, 0.1) is 0 Å². The van der Waals surface area contributed by atoms with Gasteiger partial charge in [0.1, 0.15) is 11.0 Å². The zero-order chi connectivity index (χ0) is 13.8. The number of aromatic amines is 1. The summed E-state index contributed by atoms with van der Waals surface area (Å²) in [5.41, 5.74) is 7.89. The molecule has 2 aromatic rings. The fraction of sp³-hybridized carbons (Fsp3) is 0.500. The van der Waals surface area contributed by atoms with Gasteiger partial charge >= 0.3 is 0 Å². The summed E-state index contributed by atoms with van der Waals surface area (Å²) in [6.45, 7) is 4.77. The van der Waals surface area contributed by atoms with Gasteiger partial charge in [-0.15, -0.1) is 11.3 Å². The number of nitrogens with one attached hydrogen (secondary N) is 2. The second kappa shape index (κ2) is 6.49. The highest BCUT2D eigenvalue weighted by molar-refractivity contribution is 7.09. The summed E-state index contributed by atoms with van der Waals surface area (Å²) in [5.74, 6) is 0. The Balaban J connectivity index is 1.90. The van der Waals surface area contributed by atoms with E-state index in [4.69, 9.17) is 10.7 Å². The van der Waals surface area contributed by atoms with Crippen LogP contribution in [0.3, 0.4) is 0 Å². The lowest BCUT2D eigenvalue weighted by atomic mass is 10.1. The van der Waals surface area contributed by atoms with Crippen molar-refractivity contribution in [3.05, 3.63) is 40.1 Å². The van der Waals surface area contributed by atoms with Gasteiger partial charge in [0.25, 0.3) is 0 Å². The van der Waals surface area contributed by atoms with E-state index in [9.17, 15) is 0 Å². The molecule has 1 saturated heterocycles. The lowest BCUT2D eigenvalue weighted by molar-refractivity contribution is 0.237. The summed E-state index contributed by atoms with van der Waals surface area (Å²) in [4.78, 5) is 10.6. The zero-order valence-electron chi connectivity index (χ0n) is 11.5. The lowest BCUT2D eigenvalue weighted by Crippen LogP contribution is -2.33. The number of hydrogen-bond acceptors (Lipinski definition) is 5. The Bertz CT molecular complexity index is 513. The van der Waals surface area contributed by atoms with Gasteiger partial charge in [-0.2, -0.15) is 0 Å². The highest BCUT2D eigenvalue weighted by atomic mass is 32.1. The normalized spacial score (nSPS) is 18.9. The molecule has 2 aromatic heterocycles. The molecule has 0 saturated carbocycles. The zero-order valence-corrected chi connectivity index (χ0v) is 12.3. The summed E-state index contributed by atoms with van der Waals surface area (Å²) in [6.07, 6.45) is 3.15. The van der Waals surface area contributed by atoms with Crippen molar-refractivity contribution < 1.29 is 0 Å². The predicted octanol–water partition coefficient (Wildman–Crippen LogP) is 1.31.